The van der Waals surface area contributed by atoms with Crippen molar-refractivity contribution in [2.24, 2.45) is 0 Å². The van der Waals surface area contributed by atoms with E-state index in [1.165, 1.54) is 5.39 Å². The molecule has 4 nitrogen and oxygen atoms in total. The van der Waals surface area contributed by atoms with Gasteiger partial charge in [0.15, 0.2) is 0 Å². The Bertz CT molecular complexity index is 621. The van der Waals surface area contributed by atoms with Crippen molar-refractivity contribution in [3.8, 4) is 5.75 Å². The van der Waals surface area contributed by atoms with Crippen molar-refractivity contribution in [1.29, 1.82) is 0 Å². The Morgan fingerprint density at radius 3 is 2.90 bits per heavy atom. The van der Waals surface area contributed by atoms with E-state index < -0.39 is 0 Å². The molecule has 21 heavy (non-hydrogen) atoms. The molecule has 0 spiro atoms. The number of carbonyl (C=O) groups excluding carboxylic acids is 1. The summed E-state index contributed by atoms with van der Waals surface area (Å²) in [6, 6.07) is 14.2. The molecular formula is C17H20N2O2. The van der Waals surface area contributed by atoms with E-state index in [9.17, 15) is 4.79 Å². The lowest BCUT2D eigenvalue weighted by atomic mass is 10.1. The highest BCUT2D eigenvalue weighted by molar-refractivity contribution is 5.83. The van der Waals surface area contributed by atoms with Crippen LogP contribution in [-0.4, -0.2) is 31.6 Å². The summed E-state index contributed by atoms with van der Waals surface area (Å²) in [5.74, 6) is 0.913. The van der Waals surface area contributed by atoms with E-state index in [1.54, 1.807) is 0 Å². The Labute approximate surface area is 124 Å². The largest absolute Gasteiger partial charge is 0.492 e. The van der Waals surface area contributed by atoms with Crippen LogP contribution in [0.2, 0.25) is 0 Å². The number of benzene rings is 2. The minimum absolute atomic E-state index is 0.0225. The molecule has 4 heteroatoms. The Morgan fingerprint density at radius 2 is 2.10 bits per heavy atom. The first-order valence-corrected chi connectivity index (χ1v) is 7.46. The van der Waals surface area contributed by atoms with Crippen LogP contribution < -0.4 is 15.4 Å². The van der Waals surface area contributed by atoms with Gasteiger partial charge >= 0.3 is 0 Å². The third kappa shape index (κ3) is 3.52. The number of hydrogen-bond donors (Lipinski definition) is 2. The van der Waals surface area contributed by atoms with Gasteiger partial charge < -0.3 is 15.4 Å². The zero-order chi connectivity index (χ0) is 14.5. The van der Waals surface area contributed by atoms with Crippen molar-refractivity contribution in [3.63, 3.8) is 0 Å². The number of rotatable bonds is 5. The van der Waals surface area contributed by atoms with Gasteiger partial charge in [0, 0.05) is 0 Å². The third-order valence-corrected chi connectivity index (χ3v) is 3.77. The first-order chi connectivity index (χ1) is 10.3. The monoisotopic (exact) mass is 284 g/mol. The molecule has 0 radical (unpaired) electrons. The number of hydrogen-bond acceptors (Lipinski definition) is 3. The van der Waals surface area contributed by atoms with E-state index in [4.69, 9.17) is 4.74 Å². The zero-order valence-electron chi connectivity index (χ0n) is 12.0. The summed E-state index contributed by atoms with van der Waals surface area (Å²) < 4.78 is 5.69. The predicted molar refractivity (Wildman–Crippen MR) is 83.5 cm³/mol. The minimum atomic E-state index is -0.0225. The molecule has 1 saturated heterocycles. The molecule has 0 saturated carbocycles. The Kier molecular flexibility index (Phi) is 4.36. The highest BCUT2D eigenvalue weighted by atomic mass is 16.5. The number of fused-ring (bicyclic) bond motifs is 1. The average Bonchev–Trinajstić information content (AvgIpc) is 3.06. The van der Waals surface area contributed by atoms with Crippen LogP contribution in [0.4, 0.5) is 0 Å². The van der Waals surface area contributed by atoms with Crippen molar-refractivity contribution < 1.29 is 9.53 Å². The first kappa shape index (κ1) is 13.9. The van der Waals surface area contributed by atoms with Crippen molar-refractivity contribution >= 4 is 16.7 Å². The summed E-state index contributed by atoms with van der Waals surface area (Å²) in [5.41, 5.74) is 0. The van der Waals surface area contributed by atoms with Crippen LogP contribution in [0.25, 0.3) is 10.8 Å². The lowest BCUT2D eigenvalue weighted by molar-refractivity contribution is -0.122. The standard InChI is InChI=1S/C17H20N2O2/c20-17(16-6-3-9-18-16)19-10-11-21-15-8-7-13-4-1-2-5-14(13)12-15/h1-2,4-5,7-8,12,16,18H,3,6,9-11H2,(H,19,20). The van der Waals surface area contributed by atoms with E-state index in [2.05, 4.69) is 22.8 Å². The van der Waals surface area contributed by atoms with Gasteiger partial charge in [-0.1, -0.05) is 30.3 Å². The molecule has 3 rings (SSSR count). The van der Waals surface area contributed by atoms with Gasteiger partial charge in [0.2, 0.25) is 5.91 Å². The summed E-state index contributed by atoms with van der Waals surface area (Å²) in [7, 11) is 0. The van der Waals surface area contributed by atoms with Crippen LogP contribution in [0.3, 0.4) is 0 Å². The van der Waals surface area contributed by atoms with E-state index >= 15 is 0 Å². The highest BCUT2D eigenvalue weighted by Gasteiger charge is 2.21. The van der Waals surface area contributed by atoms with E-state index in [0.29, 0.717) is 13.2 Å². The van der Waals surface area contributed by atoms with Crippen molar-refractivity contribution in [2.45, 2.75) is 18.9 Å². The number of carbonyl (C=O) groups is 1. The summed E-state index contributed by atoms with van der Waals surface area (Å²) in [4.78, 5) is 11.8. The molecule has 0 bridgehead atoms. The van der Waals surface area contributed by atoms with Gasteiger partial charge in [0.1, 0.15) is 12.4 Å². The fraction of sp³-hybridized carbons (Fsp3) is 0.353. The molecule has 2 N–H and O–H groups in total. The second-order valence-corrected chi connectivity index (χ2v) is 5.30. The second kappa shape index (κ2) is 6.59. The van der Waals surface area contributed by atoms with E-state index in [1.807, 2.05) is 30.3 Å². The maximum absolute atomic E-state index is 11.8. The molecule has 1 heterocycles. The maximum Gasteiger partial charge on any atom is 0.237 e. The summed E-state index contributed by atoms with van der Waals surface area (Å²) >= 11 is 0. The van der Waals surface area contributed by atoms with Crippen LogP contribution >= 0.6 is 0 Å². The summed E-state index contributed by atoms with van der Waals surface area (Å²) in [6.45, 7) is 1.95. The molecule has 1 atom stereocenters. The number of nitrogens with one attached hydrogen (secondary N) is 2. The molecule has 1 fully saturated rings. The van der Waals surface area contributed by atoms with Crippen molar-refractivity contribution in [2.75, 3.05) is 19.7 Å². The Hall–Kier alpha value is -2.07. The van der Waals surface area contributed by atoms with Crippen LogP contribution in [0.15, 0.2) is 42.5 Å². The number of amides is 1. The molecule has 1 aliphatic heterocycles. The molecule has 0 aromatic heterocycles. The predicted octanol–water partition coefficient (Wildman–Crippen LogP) is 2.09. The van der Waals surface area contributed by atoms with Crippen LogP contribution in [0.1, 0.15) is 12.8 Å². The third-order valence-electron chi connectivity index (χ3n) is 3.77. The molecule has 110 valence electrons. The van der Waals surface area contributed by atoms with Gasteiger partial charge in [-0.2, -0.15) is 0 Å². The SMILES string of the molecule is O=C(NCCOc1ccc2ccccc2c1)C1CCCN1. The fourth-order valence-electron chi connectivity index (χ4n) is 2.63. The van der Waals surface area contributed by atoms with Crippen LogP contribution in [0, 0.1) is 0 Å². The zero-order valence-corrected chi connectivity index (χ0v) is 12.0. The molecule has 2 aromatic carbocycles. The van der Waals surface area contributed by atoms with E-state index in [-0.39, 0.29) is 11.9 Å². The van der Waals surface area contributed by atoms with Crippen LogP contribution in [0.5, 0.6) is 5.75 Å². The Morgan fingerprint density at radius 1 is 1.24 bits per heavy atom. The normalized spacial score (nSPS) is 17.8. The van der Waals surface area contributed by atoms with Gasteiger partial charge in [0.05, 0.1) is 12.6 Å². The molecule has 2 aromatic rings. The van der Waals surface area contributed by atoms with Gasteiger partial charge in [-0.3, -0.25) is 4.79 Å². The van der Waals surface area contributed by atoms with Gasteiger partial charge in [-0.15, -0.1) is 0 Å². The van der Waals surface area contributed by atoms with Crippen LogP contribution in [-0.2, 0) is 4.79 Å². The fourth-order valence-corrected chi connectivity index (χ4v) is 2.63. The molecule has 1 amide bonds. The lowest BCUT2D eigenvalue weighted by Crippen LogP contribution is -2.41. The first-order valence-electron chi connectivity index (χ1n) is 7.46. The molecule has 1 unspecified atom stereocenters. The smallest absolute Gasteiger partial charge is 0.237 e. The topological polar surface area (TPSA) is 50.4 Å². The quantitative estimate of drug-likeness (QED) is 0.827. The van der Waals surface area contributed by atoms with Gasteiger partial charge in [-0.05, 0) is 42.3 Å². The van der Waals surface area contributed by atoms with Crippen molar-refractivity contribution in [3.05, 3.63) is 42.5 Å². The van der Waals surface area contributed by atoms with Gasteiger partial charge in [0.25, 0.3) is 0 Å². The summed E-state index contributed by atoms with van der Waals surface area (Å²) in [5, 5.41) is 8.45. The Balaban J connectivity index is 1.46. The molecular weight excluding hydrogens is 264 g/mol. The lowest BCUT2D eigenvalue weighted by Gasteiger charge is -2.12. The average molecular weight is 284 g/mol. The van der Waals surface area contributed by atoms with Gasteiger partial charge in [-0.25, -0.2) is 0 Å². The second-order valence-electron chi connectivity index (χ2n) is 5.30. The van der Waals surface area contributed by atoms with Crippen molar-refractivity contribution in [1.82, 2.24) is 10.6 Å². The van der Waals surface area contributed by atoms with E-state index in [0.717, 1.165) is 30.5 Å². The number of ether oxygens (including phenoxy) is 1. The minimum Gasteiger partial charge on any atom is -0.492 e. The maximum atomic E-state index is 11.8. The highest BCUT2D eigenvalue weighted by Crippen LogP contribution is 2.20. The molecule has 1 aliphatic rings. The summed E-state index contributed by atoms with van der Waals surface area (Å²) in [6.07, 6.45) is 2.00. The molecule has 0 aliphatic carbocycles.